The van der Waals surface area contributed by atoms with Crippen LogP contribution in [-0.4, -0.2) is 12.5 Å². The van der Waals surface area contributed by atoms with Crippen LogP contribution in [0.15, 0.2) is 36.4 Å². The lowest BCUT2D eigenvalue weighted by Gasteiger charge is -2.17. The zero-order valence-corrected chi connectivity index (χ0v) is 14.7. The van der Waals surface area contributed by atoms with E-state index in [0.717, 1.165) is 16.8 Å². The highest BCUT2D eigenvalue weighted by Crippen LogP contribution is 2.18. The second-order valence-corrected chi connectivity index (χ2v) is 6.30. The normalized spacial score (nSPS) is 11.9. The van der Waals surface area contributed by atoms with Crippen LogP contribution in [0, 0.1) is 27.7 Å². The van der Waals surface area contributed by atoms with E-state index in [4.69, 9.17) is 0 Å². The average molecular weight is 310 g/mol. The number of nitrogens with one attached hydrogen (secondary N) is 2. The topological polar surface area (TPSA) is 41.1 Å². The molecule has 2 rings (SSSR count). The van der Waals surface area contributed by atoms with Crippen LogP contribution in [0.1, 0.15) is 40.8 Å². The maximum atomic E-state index is 12.2. The van der Waals surface area contributed by atoms with E-state index in [1.54, 1.807) is 0 Å². The Morgan fingerprint density at radius 2 is 1.65 bits per heavy atom. The third-order valence-corrected chi connectivity index (χ3v) is 4.24. The van der Waals surface area contributed by atoms with Crippen LogP contribution in [-0.2, 0) is 4.79 Å². The molecule has 0 bridgehead atoms. The van der Waals surface area contributed by atoms with Crippen LogP contribution < -0.4 is 10.6 Å². The average Bonchev–Trinajstić information content (AvgIpc) is 2.50. The molecular formula is C20H26N2O. The van der Waals surface area contributed by atoms with E-state index >= 15 is 0 Å². The molecule has 0 aliphatic carbocycles. The molecule has 2 aromatic rings. The van der Waals surface area contributed by atoms with Crippen LogP contribution in [0.5, 0.6) is 0 Å². The molecule has 0 aliphatic heterocycles. The number of rotatable bonds is 5. The Morgan fingerprint density at radius 3 is 2.35 bits per heavy atom. The van der Waals surface area contributed by atoms with Crippen LogP contribution in [0.4, 0.5) is 5.69 Å². The molecule has 1 atom stereocenters. The van der Waals surface area contributed by atoms with Gasteiger partial charge in [-0.15, -0.1) is 0 Å². The minimum atomic E-state index is -0.00312. The van der Waals surface area contributed by atoms with Gasteiger partial charge in [0.1, 0.15) is 0 Å². The number of amides is 1. The first kappa shape index (κ1) is 17.1. The highest BCUT2D eigenvalue weighted by Gasteiger charge is 2.10. The van der Waals surface area contributed by atoms with Crippen molar-refractivity contribution in [1.82, 2.24) is 5.32 Å². The number of anilines is 1. The lowest BCUT2D eigenvalue weighted by Crippen LogP contribution is -2.32. The lowest BCUT2D eigenvalue weighted by atomic mass is 10.0. The van der Waals surface area contributed by atoms with E-state index < -0.39 is 0 Å². The Labute approximate surface area is 139 Å². The molecule has 0 saturated carbocycles. The van der Waals surface area contributed by atoms with Crippen molar-refractivity contribution in [2.75, 3.05) is 11.9 Å². The molecule has 0 heterocycles. The summed E-state index contributed by atoms with van der Waals surface area (Å²) in [4.78, 5) is 12.2. The smallest absolute Gasteiger partial charge is 0.239 e. The summed E-state index contributed by atoms with van der Waals surface area (Å²) in [6.07, 6.45) is 0. The highest BCUT2D eigenvalue weighted by molar-refractivity contribution is 5.81. The summed E-state index contributed by atoms with van der Waals surface area (Å²) in [7, 11) is 0. The number of benzene rings is 2. The van der Waals surface area contributed by atoms with Crippen LogP contribution >= 0.6 is 0 Å². The van der Waals surface area contributed by atoms with E-state index in [1.165, 1.54) is 16.7 Å². The van der Waals surface area contributed by atoms with Gasteiger partial charge in [-0.05, 0) is 68.5 Å². The number of hydrogen-bond acceptors (Lipinski definition) is 2. The van der Waals surface area contributed by atoms with Crippen LogP contribution in [0.25, 0.3) is 0 Å². The number of carbonyl (C=O) groups excluding carboxylic acids is 1. The molecule has 0 saturated heterocycles. The van der Waals surface area contributed by atoms with Gasteiger partial charge in [0.25, 0.3) is 0 Å². The first-order valence-corrected chi connectivity index (χ1v) is 8.04. The molecule has 0 spiro atoms. The molecule has 2 aromatic carbocycles. The third-order valence-electron chi connectivity index (χ3n) is 4.24. The van der Waals surface area contributed by atoms with Gasteiger partial charge in [-0.25, -0.2) is 0 Å². The molecule has 0 fully saturated rings. The number of hydrogen-bond donors (Lipinski definition) is 2. The van der Waals surface area contributed by atoms with Crippen molar-refractivity contribution in [3.8, 4) is 0 Å². The molecule has 3 heteroatoms. The minimum Gasteiger partial charge on any atom is -0.376 e. The molecular weight excluding hydrogens is 284 g/mol. The molecule has 1 amide bonds. The van der Waals surface area contributed by atoms with E-state index in [2.05, 4.69) is 60.9 Å². The molecule has 122 valence electrons. The summed E-state index contributed by atoms with van der Waals surface area (Å²) in [6, 6.07) is 12.5. The molecule has 0 aliphatic rings. The van der Waals surface area contributed by atoms with Gasteiger partial charge in [0.2, 0.25) is 5.91 Å². The van der Waals surface area contributed by atoms with Crippen molar-refractivity contribution in [1.29, 1.82) is 0 Å². The van der Waals surface area contributed by atoms with Gasteiger partial charge in [-0.2, -0.15) is 0 Å². The van der Waals surface area contributed by atoms with Crippen LogP contribution in [0.2, 0.25) is 0 Å². The van der Waals surface area contributed by atoms with Crippen molar-refractivity contribution in [2.45, 2.75) is 40.7 Å². The SMILES string of the molecule is Cc1ccc(C)c(NCC(=O)NC(C)c2ccc(C)c(C)c2)c1. The Morgan fingerprint density at radius 1 is 0.957 bits per heavy atom. The van der Waals surface area contributed by atoms with Gasteiger partial charge in [0.15, 0.2) is 0 Å². The van der Waals surface area contributed by atoms with Crippen molar-refractivity contribution in [3.05, 3.63) is 64.2 Å². The fourth-order valence-electron chi connectivity index (χ4n) is 2.51. The van der Waals surface area contributed by atoms with Gasteiger partial charge in [-0.3, -0.25) is 4.79 Å². The van der Waals surface area contributed by atoms with Gasteiger partial charge in [0, 0.05) is 5.69 Å². The molecule has 23 heavy (non-hydrogen) atoms. The maximum Gasteiger partial charge on any atom is 0.239 e. The fourth-order valence-corrected chi connectivity index (χ4v) is 2.51. The van der Waals surface area contributed by atoms with Gasteiger partial charge in [-0.1, -0.05) is 30.3 Å². The van der Waals surface area contributed by atoms with E-state index in [-0.39, 0.29) is 18.5 Å². The van der Waals surface area contributed by atoms with E-state index in [9.17, 15) is 4.79 Å². The second-order valence-electron chi connectivity index (χ2n) is 6.30. The molecule has 3 nitrogen and oxygen atoms in total. The molecule has 1 unspecified atom stereocenters. The Balaban J connectivity index is 1.93. The van der Waals surface area contributed by atoms with Crippen molar-refractivity contribution in [3.63, 3.8) is 0 Å². The summed E-state index contributed by atoms with van der Waals surface area (Å²) in [5, 5.41) is 6.26. The summed E-state index contributed by atoms with van der Waals surface area (Å²) in [5.41, 5.74) is 6.99. The largest absolute Gasteiger partial charge is 0.376 e. The predicted octanol–water partition coefficient (Wildman–Crippen LogP) is 4.21. The van der Waals surface area contributed by atoms with Crippen molar-refractivity contribution >= 4 is 11.6 Å². The second kappa shape index (κ2) is 7.32. The zero-order valence-electron chi connectivity index (χ0n) is 14.7. The van der Waals surface area contributed by atoms with Crippen molar-refractivity contribution < 1.29 is 4.79 Å². The molecule has 2 N–H and O–H groups in total. The highest BCUT2D eigenvalue weighted by atomic mass is 16.1. The number of carbonyl (C=O) groups is 1. The minimum absolute atomic E-state index is 0.00204. The number of aryl methyl sites for hydroxylation is 4. The third kappa shape index (κ3) is 4.59. The predicted molar refractivity (Wildman–Crippen MR) is 96.9 cm³/mol. The summed E-state index contributed by atoms with van der Waals surface area (Å²) >= 11 is 0. The van der Waals surface area contributed by atoms with E-state index in [1.807, 2.05) is 20.8 Å². The summed E-state index contributed by atoms with van der Waals surface area (Å²) in [5.74, 6) is -0.00312. The summed E-state index contributed by atoms with van der Waals surface area (Å²) in [6.45, 7) is 10.6. The molecule has 0 aromatic heterocycles. The monoisotopic (exact) mass is 310 g/mol. The lowest BCUT2D eigenvalue weighted by molar-refractivity contribution is -0.120. The van der Waals surface area contributed by atoms with Crippen LogP contribution in [0.3, 0.4) is 0 Å². The van der Waals surface area contributed by atoms with E-state index in [0.29, 0.717) is 0 Å². The van der Waals surface area contributed by atoms with Gasteiger partial charge >= 0.3 is 0 Å². The molecule has 0 radical (unpaired) electrons. The Hall–Kier alpha value is -2.29. The zero-order chi connectivity index (χ0) is 17.0. The Kier molecular flexibility index (Phi) is 5.43. The summed E-state index contributed by atoms with van der Waals surface area (Å²) < 4.78 is 0. The first-order valence-electron chi connectivity index (χ1n) is 8.04. The fraction of sp³-hybridized carbons (Fsp3) is 0.350. The van der Waals surface area contributed by atoms with Gasteiger partial charge < -0.3 is 10.6 Å². The standard InChI is InChI=1S/C20H26N2O/c1-13-6-7-15(3)19(10-13)21-12-20(23)22-17(5)18-9-8-14(2)16(4)11-18/h6-11,17,21H,12H2,1-5H3,(H,22,23). The quantitative estimate of drug-likeness (QED) is 0.868. The first-order chi connectivity index (χ1) is 10.9. The van der Waals surface area contributed by atoms with Crippen molar-refractivity contribution in [2.24, 2.45) is 0 Å². The van der Waals surface area contributed by atoms with Gasteiger partial charge in [0.05, 0.1) is 12.6 Å². The Bertz CT molecular complexity index is 707. The maximum absolute atomic E-state index is 12.2.